The highest BCUT2D eigenvalue weighted by molar-refractivity contribution is 4.89. The molecule has 1 heterocycles. The zero-order valence-corrected chi connectivity index (χ0v) is 10.5. The summed E-state index contributed by atoms with van der Waals surface area (Å²) in [5, 5.41) is 3.91. The van der Waals surface area contributed by atoms with E-state index in [2.05, 4.69) is 31.1 Å². The van der Waals surface area contributed by atoms with E-state index in [-0.39, 0.29) is 0 Å². The highest BCUT2D eigenvalue weighted by Gasteiger charge is 2.30. The monoisotopic (exact) mass is 210 g/mol. The summed E-state index contributed by atoms with van der Waals surface area (Å²) < 4.78 is 0. The van der Waals surface area contributed by atoms with E-state index in [0.717, 1.165) is 23.9 Å². The molecule has 15 heavy (non-hydrogen) atoms. The first-order chi connectivity index (χ1) is 7.16. The summed E-state index contributed by atoms with van der Waals surface area (Å²) in [4.78, 5) is 2.44. The lowest BCUT2D eigenvalue weighted by Gasteiger charge is -2.37. The lowest BCUT2D eigenvalue weighted by atomic mass is 9.78. The number of rotatable bonds is 2. The third-order valence-corrected chi connectivity index (χ3v) is 4.36. The second-order valence-corrected chi connectivity index (χ2v) is 5.83. The van der Waals surface area contributed by atoms with Crippen molar-refractivity contribution in [2.75, 3.05) is 20.1 Å². The minimum atomic E-state index is 0.753. The summed E-state index contributed by atoms with van der Waals surface area (Å²) in [5.74, 6) is 1.75. The summed E-state index contributed by atoms with van der Waals surface area (Å²) in [6.45, 7) is 7.36. The number of likely N-dealkylation sites (tertiary alicyclic amines) is 1. The second-order valence-electron chi connectivity index (χ2n) is 5.83. The normalized spacial score (nSPS) is 39.8. The van der Waals surface area contributed by atoms with Crippen LogP contribution in [0.1, 0.15) is 39.5 Å². The van der Waals surface area contributed by atoms with E-state index >= 15 is 0 Å². The molecule has 0 amide bonds. The lowest BCUT2D eigenvalue weighted by Crippen LogP contribution is -2.48. The molecule has 0 aromatic carbocycles. The van der Waals surface area contributed by atoms with Crippen LogP contribution in [-0.2, 0) is 0 Å². The summed E-state index contributed by atoms with van der Waals surface area (Å²) in [6, 6.07) is 1.53. The van der Waals surface area contributed by atoms with Gasteiger partial charge in [-0.1, -0.05) is 20.3 Å². The topological polar surface area (TPSA) is 15.3 Å². The third kappa shape index (κ3) is 2.73. The standard InChI is InChI=1S/C13H26N2/c1-10-5-4-6-11(2)13(10)14-12-7-8-15(3)9-12/h10-14H,4-9H2,1-3H3/t10-,11-,12+/m0/s1. The summed E-state index contributed by atoms with van der Waals surface area (Å²) in [6.07, 6.45) is 5.62. The van der Waals surface area contributed by atoms with E-state index in [1.54, 1.807) is 0 Å². The molecule has 88 valence electrons. The molecule has 0 radical (unpaired) electrons. The first-order valence-corrected chi connectivity index (χ1v) is 6.61. The third-order valence-electron chi connectivity index (χ3n) is 4.36. The van der Waals surface area contributed by atoms with Gasteiger partial charge in [-0.15, -0.1) is 0 Å². The van der Waals surface area contributed by atoms with Crippen LogP contribution in [0.15, 0.2) is 0 Å². The minimum Gasteiger partial charge on any atom is -0.309 e. The van der Waals surface area contributed by atoms with Crippen molar-refractivity contribution in [2.45, 2.75) is 51.6 Å². The number of nitrogens with zero attached hydrogens (tertiary/aromatic N) is 1. The van der Waals surface area contributed by atoms with E-state index in [4.69, 9.17) is 0 Å². The highest BCUT2D eigenvalue weighted by atomic mass is 15.2. The van der Waals surface area contributed by atoms with Gasteiger partial charge in [-0.25, -0.2) is 0 Å². The molecule has 1 N–H and O–H groups in total. The molecule has 0 aromatic heterocycles. The Morgan fingerprint density at radius 1 is 1.07 bits per heavy atom. The molecule has 2 aliphatic rings. The molecule has 0 unspecified atom stereocenters. The minimum absolute atomic E-state index is 0.753. The van der Waals surface area contributed by atoms with Gasteiger partial charge in [-0.05, 0) is 44.7 Å². The molecular weight excluding hydrogens is 184 g/mol. The van der Waals surface area contributed by atoms with Crippen LogP contribution < -0.4 is 5.32 Å². The summed E-state index contributed by atoms with van der Waals surface area (Å²) in [7, 11) is 2.23. The average Bonchev–Trinajstić information content (AvgIpc) is 2.58. The van der Waals surface area contributed by atoms with Crippen LogP contribution in [0.2, 0.25) is 0 Å². The van der Waals surface area contributed by atoms with Crippen molar-refractivity contribution in [1.29, 1.82) is 0 Å². The maximum Gasteiger partial charge on any atom is 0.0209 e. The summed E-state index contributed by atoms with van der Waals surface area (Å²) in [5.41, 5.74) is 0. The highest BCUT2D eigenvalue weighted by Crippen LogP contribution is 2.29. The van der Waals surface area contributed by atoms with Gasteiger partial charge >= 0.3 is 0 Å². The van der Waals surface area contributed by atoms with Gasteiger partial charge < -0.3 is 10.2 Å². The van der Waals surface area contributed by atoms with Gasteiger partial charge in [0.1, 0.15) is 0 Å². The van der Waals surface area contributed by atoms with Crippen LogP contribution in [0.25, 0.3) is 0 Å². The zero-order valence-electron chi connectivity index (χ0n) is 10.5. The Morgan fingerprint density at radius 3 is 2.27 bits per heavy atom. The second kappa shape index (κ2) is 4.84. The Bertz CT molecular complexity index is 195. The van der Waals surface area contributed by atoms with Crippen molar-refractivity contribution in [2.24, 2.45) is 11.8 Å². The van der Waals surface area contributed by atoms with Gasteiger partial charge in [0.05, 0.1) is 0 Å². The van der Waals surface area contributed by atoms with Crippen LogP contribution in [0, 0.1) is 11.8 Å². The maximum atomic E-state index is 3.91. The first kappa shape index (κ1) is 11.4. The van der Waals surface area contributed by atoms with E-state index in [9.17, 15) is 0 Å². The predicted octanol–water partition coefficient (Wildman–Crippen LogP) is 2.10. The molecule has 2 nitrogen and oxygen atoms in total. The number of nitrogens with one attached hydrogen (secondary N) is 1. The predicted molar refractivity (Wildman–Crippen MR) is 65.0 cm³/mol. The van der Waals surface area contributed by atoms with Crippen LogP contribution in [-0.4, -0.2) is 37.1 Å². The quantitative estimate of drug-likeness (QED) is 0.751. The Hall–Kier alpha value is -0.0800. The van der Waals surface area contributed by atoms with Gasteiger partial charge in [0.25, 0.3) is 0 Å². The molecule has 0 bridgehead atoms. The Labute approximate surface area is 94.4 Å². The fourth-order valence-corrected chi connectivity index (χ4v) is 3.35. The molecule has 2 rings (SSSR count). The maximum absolute atomic E-state index is 3.91. The molecule has 3 atom stereocenters. The smallest absolute Gasteiger partial charge is 0.0209 e. The van der Waals surface area contributed by atoms with Gasteiger partial charge in [0.2, 0.25) is 0 Å². The van der Waals surface area contributed by atoms with Crippen molar-refractivity contribution in [3.8, 4) is 0 Å². The van der Waals surface area contributed by atoms with Crippen molar-refractivity contribution in [3.05, 3.63) is 0 Å². The molecule has 0 spiro atoms. The fraction of sp³-hybridized carbons (Fsp3) is 1.00. The van der Waals surface area contributed by atoms with Crippen molar-refractivity contribution < 1.29 is 0 Å². The Kier molecular flexibility index (Phi) is 3.68. The van der Waals surface area contributed by atoms with Crippen LogP contribution in [0.4, 0.5) is 0 Å². The number of likely N-dealkylation sites (N-methyl/N-ethyl adjacent to an activating group) is 1. The summed E-state index contributed by atoms with van der Waals surface area (Å²) >= 11 is 0. The van der Waals surface area contributed by atoms with Gasteiger partial charge in [0.15, 0.2) is 0 Å². The fourth-order valence-electron chi connectivity index (χ4n) is 3.35. The Balaban J connectivity index is 1.86. The van der Waals surface area contributed by atoms with E-state index in [1.165, 1.54) is 38.8 Å². The molecular formula is C13H26N2. The molecule has 1 aliphatic heterocycles. The van der Waals surface area contributed by atoms with Gasteiger partial charge in [-0.3, -0.25) is 0 Å². The first-order valence-electron chi connectivity index (χ1n) is 6.61. The van der Waals surface area contributed by atoms with E-state index < -0.39 is 0 Å². The molecule has 1 saturated carbocycles. The molecule has 0 aromatic rings. The number of hydrogen-bond donors (Lipinski definition) is 1. The van der Waals surface area contributed by atoms with Crippen LogP contribution >= 0.6 is 0 Å². The van der Waals surface area contributed by atoms with Crippen LogP contribution in [0.3, 0.4) is 0 Å². The van der Waals surface area contributed by atoms with Crippen LogP contribution in [0.5, 0.6) is 0 Å². The molecule has 1 saturated heterocycles. The van der Waals surface area contributed by atoms with Crippen molar-refractivity contribution in [1.82, 2.24) is 10.2 Å². The SMILES string of the molecule is C[C@H]1CCC[C@H](C)C1N[C@@H]1CCN(C)C1. The number of hydrogen-bond acceptors (Lipinski definition) is 2. The van der Waals surface area contributed by atoms with Crippen molar-refractivity contribution >= 4 is 0 Å². The largest absolute Gasteiger partial charge is 0.309 e. The molecule has 2 heteroatoms. The average molecular weight is 210 g/mol. The zero-order chi connectivity index (χ0) is 10.8. The van der Waals surface area contributed by atoms with Gasteiger partial charge in [0, 0.05) is 18.6 Å². The lowest BCUT2D eigenvalue weighted by molar-refractivity contribution is 0.193. The Morgan fingerprint density at radius 2 is 1.73 bits per heavy atom. The van der Waals surface area contributed by atoms with Gasteiger partial charge in [-0.2, -0.15) is 0 Å². The van der Waals surface area contributed by atoms with E-state index in [0.29, 0.717) is 0 Å². The molecule has 2 fully saturated rings. The molecule has 1 aliphatic carbocycles. The van der Waals surface area contributed by atoms with E-state index in [1.807, 2.05) is 0 Å². The van der Waals surface area contributed by atoms with Crippen molar-refractivity contribution in [3.63, 3.8) is 0 Å².